The molecule has 0 atom stereocenters. The summed E-state index contributed by atoms with van der Waals surface area (Å²) in [6, 6.07) is 11.3. The third-order valence-electron chi connectivity index (χ3n) is 5.44. The minimum atomic E-state index is -0.360. The van der Waals surface area contributed by atoms with Gasteiger partial charge in [-0.15, -0.1) is 11.3 Å². The van der Waals surface area contributed by atoms with Crippen LogP contribution in [-0.4, -0.2) is 22.6 Å². The number of thiophene rings is 1. The Kier molecular flexibility index (Phi) is 4.51. The van der Waals surface area contributed by atoms with Crippen molar-refractivity contribution < 1.29 is 13.9 Å². The van der Waals surface area contributed by atoms with Crippen LogP contribution < -0.4 is 15.6 Å². The van der Waals surface area contributed by atoms with E-state index in [9.17, 15) is 9.59 Å². The van der Waals surface area contributed by atoms with Gasteiger partial charge in [-0.3, -0.25) is 14.2 Å². The summed E-state index contributed by atoms with van der Waals surface area (Å²) < 4.78 is 12.7. The summed E-state index contributed by atoms with van der Waals surface area (Å²) >= 11 is 1.48. The van der Waals surface area contributed by atoms with Crippen molar-refractivity contribution >= 4 is 55.1 Å². The van der Waals surface area contributed by atoms with Crippen molar-refractivity contribution in [3.63, 3.8) is 0 Å². The van der Waals surface area contributed by atoms with Gasteiger partial charge < -0.3 is 14.5 Å². The fraction of sp³-hybridized carbons (Fsp3) is 0.174. The lowest BCUT2D eigenvalue weighted by molar-refractivity contribution is -0.116. The van der Waals surface area contributed by atoms with E-state index in [1.807, 2.05) is 44.2 Å². The van der Waals surface area contributed by atoms with Gasteiger partial charge in [0.05, 0.1) is 24.5 Å². The summed E-state index contributed by atoms with van der Waals surface area (Å²) in [6.07, 6.45) is 1.42. The number of aromatic nitrogens is 2. The highest BCUT2D eigenvalue weighted by molar-refractivity contribution is 7.18. The molecule has 1 N–H and O–H groups in total. The van der Waals surface area contributed by atoms with Crippen LogP contribution in [-0.2, 0) is 11.3 Å². The molecule has 1 amide bonds. The average molecular weight is 433 g/mol. The molecule has 0 saturated carbocycles. The largest absolute Gasteiger partial charge is 0.495 e. The second kappa shape index (κ2) is 7.24. The SMILES string of the molecule is COc1cc2c(cc1NC(=O)Cn1cnc3sc(C)c(C)c3c1=O)oc1ccccc12. The monoisotopic (exact) mass is 433 g/mol. The number of para-hydroxylation sites is 1. The minimum absolute atomic E-state index is 0.155. The smallest absolute Gasteiger partial charge is 0.262 e. The summed E-state index contributed by atoms with van der Waals surface area (Å²) in [5.41, 5.74) is 2.56. The van der Waals surface area contributed by atoms with Crippen molar-refractivity contribution in [2.24, 2.45) is 0 Å². The molecule has 156 valence electrons. The van der Waals surface area contributed by atoms with Crippen LogP contribution in [0.5, 0.6) is 5.75 Å². The zero-order chi connectivity index (χ0) is 21.7. The summed E-state index contributed by atoms with van der Waals surface area (Å²) in [7, 11) is 1.54. The Bertz CT molecular complexity index is 1540. The normalized spacial score (nSPS) is 11.5. The van der Waals surface area contributed by atoms with Crippen LogP contribution in [0, 0.1) is 13.8 Å². The lowest BCUT2D eigenvalue weighted by Gasteiger charge is -2.11. The minimum Gasteiger partial charge on any atom is -0.495 e. The molecule has 0 radical (unpaired) electrons. The Balaban J connectivity index is 1.48. The Labute approximate surface area is 180 Å². The molecule has 0 aliphatic carbocycles. The van der Waals surface area contributed by atoms with Crippen molar-refractivity contribution in [2.45, 2.75) is 20.4 Å². The first-order chi connectivity index (χ1) is 15.0. The number of rotatable bonds is 4. The van der Waals surface area contributed by atoms with Gasteiger partial charge in [-0.2, -0.15) is 0 Å². The Morgan fingerprint density at radius 1 is 1.19 bits per heavy atom. The number of nitrogens with zero attached hydrogens (tertiary/aromatic N) is 2. The molecule has 0 aliphatic heterocycles. The number of hydrogen-bond acceptors (Lipinski definition) is 6. The number of carbonyl (C=O) groups excluding carboxylic acids is 1. The highest BCUT2D eigenvalue weighted by Gasteiger charge is 2.16. The molecule has 0 aliphatic rings. The fourth-order valence-electron chi connectivity index (χ4n) is 3.75. The predicted molar refractivity (Wildman–Crippen MR) is 122 cm³/mol. The van der Waals surface area contributed by atoms with Crippen LogP contribution in [0.1, 0.15) is 10.4 Å². The number of amides is 1. The first-order valence-electron chi connectivity index (χ1n) is 9.70. The highest BCUT2D eigenvalue weighted by atomic mass is 32.1. The van der Waals surface area contributed by atoms with E-state index in [1.165, 1.54) is 22.2 Å². The number of methoxy groups -OCH3 is 1. The Hall–Kier alpha value is -3.65. The number of nitrogens with one attached hydrogen (secondary N) is 1. The van der Waals surface area contributed by atoms with E-state index >= 15 is 0 Å². The molecular formula is C23H19N3O4S. The van der Waals surface area contributed by atoms with E-state index in [-0.39, 0.29) is 18.0 Å². The van der Waals surface area contributed by atoms with Crippen LogP contribution in [0.15, 0.2) is 51.9 Å². The number of benzene rings is 2. The number of anilines is 1. The van der Waals surface area contributed by atoms with Gasteiger partial charge >= 0.3 is 0 Å². The molecule has 5 rings (SSSR count). The van der Waals surface area contributed by atoms with E-state index in [1.54, 1.807) is 13.2 Å². The van der Waals surface area contributed by atoms with Crippen molar-refractivity contribution in [1.82, 2.24) is 9.55 Å². The number of furan rings is 1. The van der Waals surface area contributed by atoms with Crippen molar-refractivity contribution in [3.8, 4) is 5.75 Å². The second-order valence-electron chi connectivity index (χ2n) is 7.34. The van der Waals surface area contributed by atoms with Crippen LogP contribution in [0.25, 0.3) is 32.2 Å². The molecule has 3 aromatic heterocycles. The topological polar surface area (TPSA) is 86.4 Å². The van der Waals surface area contributed by atoms with Crippen LogP contribution in [0.3, 0.4) is 0 Å². The van der Waals surface area contributed by atoms with E-state index in [0.717, 1.165) is 26.8 Å². The summed E-state index contributed by atoms with van der Waals surface area (Å²) in [5, 5.41) is 5.28. The molecule has 31 heavy (non-hydrogen) atoms. The van der Waals surface area contributed by atoms with Crippen molar-refractivity contribution in [3.05, 3.63) is 63.5 Å². The predicted octanol–water partition coefficient (Wildman–Crippen LogP) is 4.62. The number of hydrogen-bond donors (Lipinski definition) is 1. The van der Waals surface area contributed by atoms with Crippen LogP contribution in [0.2, 0.25) is 0 Å². The summed E-state index contributed by atoms with van der Waals surface area (Å²) in [5.74, 6) is 0.152. The fourth-order valence-corrected chi connectivity index (χ4v) is 4.73. The molecule has 5 aromatic rings. The van der Waals surface area contributed by atoms with Crippen LogP contribution >= 0.6 is 11.3 Å². The summed E-state index contributed by atoms with van der Waals surface area (Å²) in [6.45, 7) is 3.70. The van der Waals surface area contributed by atoms with E-state index in [2.05, 4.69) is 10.3 Å². The average Bonchev–Trinajstić information content (AvgIpc) is 3.26. The van der Waals surface area contributed by atoms with Crippen molar-refractivity contribution in [1.29, 1.82) is 0 Å². The Morgan fingerprint density at radius 2 is 2.00 bits per heavy atom. The number of carbonyl (C=O) groups is 1. The lowest BCUT2D eigenvalue weighted by atomic mass is 10.1. The molecule has 0 fully saturated rings. The summed E-state index contributed by atoms with van der Waals surface area (Å²) in [4.78, 5) is 31.7. The van der Waals surface area contributed by atoms with Crippen molar-refractivity contribution in [2.75, 3.05) is 12.4 Å². The molecule has 0 spiro atoms. The third-order valence-corrected chi connectivity index (χ3v) is 6.56. The van der Waals surface area contributed by atoms with Gasteiger partial charge in [0, 0.05) is 21.7 Å². The van der Waals surface area contributed by atoms with Gasteiger partial charge in [-0.05, 0) is 31.5 Å². The first-order valence-corrected chi connectivity index (χ1v) is 10.5. The number of aryl methyl sites for hydroxylation is 2. The number of ether oxygens (including phenoxy) is 1. The molecule has 0 unspecified atom stereocenters. The Morgan fingerprint density at radius 3 is 2.81 bits per heavy atom. The molecule has 7 nitrogen and oxygen atoms in total. The first kappa shape index (κ1) is 19.3. The van der Waals surface area contributed by atoms with E-state index in [0.29, 0.717) is 27.2 Å². The van der Waals surface area contributed by atoms with E-state index in [4.69, 9.17) is 9.15 Å². The van der Waals surface area contributed by atoms with Gasteiger partial charge in [-0.1, -0.05) is 18.2 Å². The molecule has 0 saturated heterocycles. The zero-order valence-corrected chi connectivity index (χ0v) is 18.0. The molecule has 8 heteroatoms. The van der Waals surface area contributed by atoms with Gasteiger partial charge in [0.15, 0.2) is 0 Å². The van der Waals surface area contributed by atoms with Gasteiger partial charge in [-0.25, -0.2) is 4.98 Å². The maximum Gasteiger partial charge on any atom is 0.262 e. The molecule has 2 aromatic carbocycles. The molecular weight excluding hydrogens is 414 g/mol. The van der Waals surface area contributed by atoms with E-state index < -0.39 is 0 Å². The maximum atomic E-state index is 12.9. The van der Waals surface area contributed by atoms with Gasteiger partial charge in [0.2, 0.25) is 5.91 Å². The lowest BCUT2D eigenvalue weighted by Crippen LogP contribution is -2.28. The van der Waals surface area contributed by atoms with Gasteiger partial charge in [0.25, 0.3) is 5.56 Å². The number of fused-ring (bicyclic) bond motifs is 4. The van der Waals surface area contributed by atoms with Crippen LogP contribution in [0.4, 0.5) is 5.69 Å². The second-order valence-corrected chi connectivity index (χ2v) is 8.54. The zero-order valence-electron chi connectivity index (χ0n) is 17.2. The standard InChI is InChI=1S/C23H19N3O4S/c1-12-13(2)31-22-21(12)23(28)26(11-24-22)10-20(27)25-16-9-18-15(8-19(16)29-3)14-6-4-5-7-17(14)30-18/h4-9,11H,10H2,1-3H3,(H,25,27). The maximum absolute atomic E-state index is 12.9. The van der Waals surface area contributed by atoms with Gasteiger partial charge in [0.1, 0.15) is 28.3 Å². The third kappa shape index (κ3) is 3.16. The molecule has 0 bridgehead atoms. The highest BCUT2D eigenvalue weighted by Crippen LogP contribution is 2.36. The molecule has 3 heterocycles. The quantitative estimate of drug-likeness (QED) is 0.447.